The van der Waals surface area contributed by atoms with Gasteiger partial charge in [-0.15, -0.1) is 0 Å². The van der Waals surface area contributed by atoms with E-state index in [9.17, 15) is 0 Å². The summed E-state index contributed by atoms with van der Waals surface area (Å²) in [6, 6.07) is 1.61. The molecule has 3 fully saturated rings. The molecule has 1 N–H and O–H groups in total. The highest BCUT2D eigenvalue weighted by Crippen LogP contribution is 2.26. The third-order valence-electron chi connectivity index (χ3n) is 4.56. The molecular formula is C13H25N3O. The highest BCUT2D eigenvalue weighted by atomic mass is 16.5. The lowest BCUT2D eigenvalue weighted by atomic mass is 10.1. The van der Waals surface area contributed by atoms with Gasteiger partial charge in [0.25, 0.3) is 0 Å². The molecule has 0 aromatic rings. The zero-order chi connectivity index (χ0) is 11.5. The molecule has 2 heterocycles. The monoisotopic (exact) mass is 239 g/mol. The Morgan fingerprint density at radius 1 is 1.06 bits per heavy atom. The molecule has 0 aromatic carbocycles. The highest BCUT2D eigenvalue weighted by Gasteiger charge is 2.34. The lowest BCUT2D eigenvalue weighted by molar-refractivity contribution is 0.0278. The van der Waals surface area contributed by atoms with Crippen LogP contribution in [0.2, 0.25) is 0 Å². The van der Waals surface area contributed by atoms with E-state index in [2.05, 4.69) is 15.1 Å². The van der Waals surface area contributed by atoms with Crippen molar-refractivity contribution < 1.29 is 4.74 Å². The van der Waals surface area contributed by atoms with Crippen molar-refractivity contribution in [2.45, 2.75) is 31.3 Å². The maximum Gasteiger partial charge on any atom is 0.0594 e. The van der Waals surface area contributed by atoms with Gasteiger partial charge in [0.2, 0.25) is 0 Å². The summed E-state index contributed by atoms with van der Waals surface area (Å²) in [4.78, 5) is 5.28. The van der Waals surface area contributed by atoms with Gasteiger partial charge in [0, 0.05) is 51.4 Å². The molecule has 2 atom stereocenters. The molecule has 0 unspecified atom stereocenters. The van der Waals surface area contributed by atoms with Gasteiger partial charge in [-0.2, -0.15) is 0 Å². The molecule has 4 heteroatoms. The number of piperazine rings is 1. The van der Waals surface area contributed by atoms with Crippen molar-refractivity contribution in [3.05, 3.63) is 0 Å². The van der Waals surface area contributed by atoms with Crippen molar-refractivity contribution in [1.82, 2.24) is 15.1 Å². The van der Waals surface area contributed by atoms with Crippen LogP contribution >= 0.6 is 0 Å². The Morgan fingerprint density at radius 2 is 1.94 bits per heavy atom. The predicted molar refractivity (Wildman–Crippen MR) is 68.3 cm³/mol. The first-order valence-corrected chi connectivity index (χ1v) is 7.21. The minimum atomic E-state index is 0.786. The van der Waals surface area contributed by atoms with E-state index >= 15 is 0 Å². The summed E-state index contributed by atoms with van der Waals surface area (Å²) < 4.78 is 5.40. The van der Waals surface area contributed by atoms with Gasteiger partial charge >= 0.3 is 0 Å². The molecule has 0 bridgehead atoms. The minimum Gasteiger partial charge on any atom is -0.379 e. The second-order valence-corrected chi connectivity index (χ2v) is 5.55. The van der Waals surface area contributed by atoms with E-state index in [0.29, 0.717) is 0 Å². The molecule has 0 spiro atoms. The molecule has 3 rings (SSSR count). The Hall–Kier alpha value is -0.160. The van der Waals surface area contributed by atoms with Gasteiger partial charge in [0.15, 0.2) is 0 Å². The van der Waals surface area contributed by atoms with Crippen LogP contribution in [0, 0.1) is 0 Å². The van der Waals surface area contributed by atoms with E-state index in [1.54, 1.807) is 0 Å². The van der Waals surface area contributed by atoms with Crippen molar-refractivity contribution in [3.63, 3.8) is 0 Å². The van der Waals surface area contributed by atoms with Crippen molar-refractivity contribution in [1.29, 1.82) is 0 Å². The molecular weight excluding hydrogens is 214 g/mol. The number of morpholine rings is 1. The van der Waals surface area contributed by atoms with Crippen LogP contribution in [-0.2, 0) is 4.74 Å². The van der Waals surface area contributed by atoms with Gasteiger partial charge in [0.05, 0.1) is 13.2 Å². The summed E-state index contributed by atoms with van der Waals surface area (Å²) in [5.74, 6) is 0. The number of hydrogen-bond donors (Lipinski definition) is 1. The Balaban J connectivity index is 1.47. The van der Waals surface area contributed by atoms with Crippen LogP contribution in [0.25, 0.3) is 0 Å². The van der Waals surface area contributed by atoms with Gasteiger partial charge in [0.1, 0.15) is 0 Å². The van der Waals surface area contributed by atoms with E-state index in [4.69, 9.17) is 4.74 Å². The second-order valence-electron chi connectivity index (χ2n) is 5.55. The lowest BCUT2D eigenvalue weighted by Gasteiger charge is -2.39. The standard InChI is InChI=1S/C13H25N3O/c1-2-12-13(3-1)16(5-4-14-12)7-6-15-8-10-17-11-9-15/h12-14H,1-11H2/t12-,13-/m1/s1. The fourth-order valence-corrected chi connectivity index (χ4v) is 3.55. The molecule has 0 radical (unpaired) electrons. The summed E-state index contributed by atoms with van der Waals surface area (Å²) in [5.41, 5.74) is 0. The van der Waals surface area contributed by atoms with E-state index in [0.717, 1.165) is 38.4 Å². The average Bonchev–Trinajstić information content (AvgIpc) is 2.86. The molecule has 0 aromatic heterocycles. The molecule has 98 valence electrons. The third kappa shape index (κ3) is 2.81. The molecule has 2 saturated heterocycles. The zero-order valence-corrected chi connectivity index (χ0v) is 10.7. The van der Waals surface area contributed by atoms with Gasteiger partial charge < -0.3 is 10.1 Å². The van der Waals surface area contributed by atoms with Crippen LogP contribution < -0.4 is 5.32 Å². The largest absolute Gasteiger partial charge is 0.379 e. The summed E-state index contributed by atoms with van der Waals surface area (Å²) in [6.07, 6.45) is 4.20. The number of hydrogen-bond acceptors (Lipinski definition) is 4. The van der Waals surface area contributed by atoms with Gasteiger partial charge in [-0.05, 0) is 12.8 Å². The lowest BCUT2D eigenvalue weighted by Crippen LogP contribution is -2.56. The van der Waals surface area contributed by atoms with Crippen molar-refractivity contribution in [3.8, 4) is 0 Å². The summed E-state index contributed by atoms with van der Waals surface area (Å²) in [5, 5.41) is 3.67. The van der Waals surface area contributed by atoms with Crippen LogP contribution in [0.5, 0.6) is 0 Å². The maximum atomic E-state index is 5.40. The second kappa shape index (κ2) is 5.65. The Morgan fingerprint density at radius 3 is 2.82 bits per heavy atom. The van der Waals surface area contributed by atoms with Crippen LogP contribution in [0.1, 0.15) is 19.3 Å². The molecule has 1 aliphatic carbocycles. The van der Waals surface area contributed by atoms with Crippen LogP contribution in [0.15, 0.2) is 0 Å². The predicted octanol–water partition coefficient (Wildman–Crippen LogP) is 0.145. The quantitative estimate of drug-likeness (QED) is 0.758. The van der Waals surface area contributed by atoms with E-state index in [1.807, 2.05) is 0 Å². The molecule has 2 aliphatic heterocycles. The van der Waals surface area contributed by atoms with E-state index in [-0.39, 0.29) is 0 Å². The minimum absolute atomic E-state index is 0.786. The molecule has 3 aliphatic rings. The topological polar surface area (TPSA) is 27.7 Å². The van der Waals surface area contributed by atoms with Crippen LogP contribution in [-0.4, -0.2) is 74.4 Å². The SMILES string of the molecule is C1C[C@@H]2[C@@H](C1)NCCN2CCN1CCOCC1. The van der Waals surface area contributed by atoms with E-state index in [1.165, 1.54) is 45.4 Å². The molecule has 0 amide bonds. The Labute approximate surface area is 104 Å². The summed E-state index contributed by atoms with van der Waals surface area (Å²) in [6.45, 7) is 9.01. The van der Waals surface area contributed by atoms with Gasteiger partial charge in [-0.25, -0.2) is 0 Å². The molecule has 4 nitrogen and oxygen atoms in total. The number of fused-ring (bicyclic) bond motifs is 1. The number of nitrogens with zero attached hydrogens (tertiary/aromatic N) is 2. The van der Waals surface area contributed by atoms with Crippen molar-refractivity contribution in [2.24, 2.45) is 0 Å². The fourth-order valence-electron chi connectivity index (χ4n) is 3.55. The normalized spacial score (nSPS) is 36.0. The van der Waals surface area contributed by atoms with E-state index < -0.39 is 0 Å². The number of rotatable bonds is 3. The van der Waals surface area contributed by atoms with Crippen LogP contribution in [0.3, 0.4) is 0 Å². The summed E-state index contributed by atoms with van der Waals surface area (Å²) >= 11 is 0. The van der Waals surface area contributed by atoms with Crippen LogP contribution in [0.4, 0.5) is 0 Å². The van der Waals surface area contributed by atoms with Gasteiger partial charge in [-0.3, -0.25) is 9.80 Å². The summed E-state index contributed by atoms with van der Waals surface area (Å²) in [7, 11) is 0. The number of nitrogens with one attached hydrogen (secondary N) is 1. The average molecular weight is 239 g/mol. The fraction of sp³-hybridized carbons (Fsp3) is 1.00. The first-order chi connectivity index (χ1) is 8.43. The first-order valence-electron chi connectivity index (χ1n) is 7.21. The highest BCUT2D eigenvalue weighted by molar-refractivity contribution is 4.94. The van der Waals surface area contributed by atoms with Crippen molar-refractivity contribution in [2.75, 3.05) is 52.5 Å². The third-order valence-corrected chi connectivity index (χ3v) is 4.56. The molecule has 17 heavy (non-hydrogen) atoms. The first kappa shape index (κ1) is 11.9. The number of ether oxygens (including phenoxy) is 1. The van der Waals surface area contributed by atoms with Crippen molar-refractivity contribution >= 4 is 0 Å². The van der Waals surface area contributed by atoms with Gasteiger partial charge in [-0.1, -0.05) is 6.42 Å². The maximum absolute atomic E-state index is 5.40. The Bertz CT molecular complexity index is 243. The smallest absolute Gasteiger partial charge is 0.0594 e. The molecule has 1 saturated carbocycles. The zero-order valence-electron chi connectivity index (χ0n) is 10.7. The Kier molecular flexibility index (Phi) is 3.96.